The first-order valence-corrected chi connectivity index (χ1v) is 16.0. The SMILES string of the molecule is CCCC[N+](CCCC)(CCCC)CCCC.O=S(=O)(O)CCCCCCNc1ccccc1Cl. The minimum atomic E-state index is -3.80. The van der Waals surface area contributed by atoms with Crippen LogP contribution in [-0.4, -0.2) is 55.9 Å². The van der Waals surface area contributed by atoms with Gasteiger partial charge in [-0.3, -0.25) is 4.55 Å². The van der Waals surface area contributed by atoms with Crippen molar-refractivity contribution in [1.82, 2.24) is 0 Å². The van der Waals surface area contributed by atoms with Crippen LogP contribution in [0.4, 0.5) is 5.69 Å². The molecule has 0 atom stereocenters. The number of nitrogens with zero attached hydrogens (tertiary/aromatic N) is 1. The third-order valence-corrected chi connectivity index (χ3v) is 7.60. The Kier molecular flexibility index (Phi) is 20.8. The van der Waals surface area contributed by atoms with Gasteiger partial charge in [-0.2, -0.15) is 8.42 Å². The molecule has 0 aromatic heterocycles. The summed E-state index contributed by atoms with van der Waals surface area (Å²) in [6.07, 6.45) is 14.2. The molecular weight excluding hydrogens is 480 g/mol. The van der Waals surface area contributed by atoms with Gasteiger partial charge in [0, 0.05) is 6.54 Å². The van der Waals surface area contributed by atoms with E-state index in [-0.39, 0.29) is 5.75 Å². The molecule has 2 N–H and O–H groups in total. The molecule has 0 saturated heterocycles. The molecule has 1 aromatic rings. The summed E-state index contributed by atoms with van der Waals surface area (Å²) in [7, 11) is -3.80. The zero-order valence-corrected chi connectivity index (χ0v) is 24.6. The first-order valence-electron chi connectivity index (χ1n) is 14.0. The van der Waals surface area contributed by atoms with Gasteiger partial charge in [0.1, 0.15) is 0 Å². The third kappa shape index (κ3) is 19.0. The summed E-state index contributed by atoms with van der Waals surface area (Å²) in [6.45, 7) is 15.8. The lowest BCUT2D eigenvalue weighted by Gasteiger charge is -2.39. The number of nitrogens with one attached hydrogen (secondary N) is 1. The Balaban J connectivity index is 0.000000662. The summed E-state index contributed by atoms with van der Waals surface area (Å²) < 4.78 is 30.9. The van der Waals surface area contributed by atoms with Crippen LogP contribution in [0.3, 0.4) is 0 Å². The molecule has 0 aliphatic rings. The average molecular weight is 534 g/mol. The number of anilines is 1. The van der Waals surface area contributed by atoms with E-state index in [4.69, 9.17) is 16.2 Å². The highest BCUT2D eigenvalue weighted by Gasteiger charge is 2.24. The monoisotopic (exact) mass is 533 g/mol. The van der Waals surface area contributed by atoms with Crippen molar-refractivity contribution in [3.8, 4) is 0 Å². The maximum atomic E-state index is 10.5. The van der Waals surface area contributed by atoms with E-state index in [2.05, 4.69) is 33.0 Å². The number of quaternary nitrogens is 1. The molecule has 35 heavy (non-hydrogen) atoms. The van der Waals surface area contributed by atoms with Crippen molar-refractivity contribution >= 4 is 27.4 Å². The Bertz CT molecular complexity index is 691. The maximum absolute atomic E-state index is 10.5. The van der Waals surface area contributed by atoms with E-state index in [0.29, 0.717) is 11.4 Å². The number of halogens is 1. The normalized spacial score (nSPS) is 11.7. The second-order valence-corrected chi connectivity index (χ2v) is 11.7. The lowest BCUT2D eigenvalue weighted by atomic mass is 10.1. The summed E-state index contributed by atoms with van der Waals surface area (Å²) in [5.74, 6) is -0.148. The van der Waals surface area contributed by atoms with Gasteiger partial charge in [0.05, 0.1) is 42.6 Å². The van der Waals surface area contributed by atoms with Gasteiger partial charge in [-0.1, -0.05) is 90.0 Å². The Labute approximate surface area is 222 Å². The van der Waals surface area contributed by atoms with Crippen molar-refractivity contribution in [3.63, 3.8) is 0 Å². The Morgan fingerprint density at radius 3 is 1.63 bits per heavy atom. The van der Waals surface area contributed by atoms with Crippen molar-refractivity contribution in [2.45, 2.75) is 105 Å². The average Bonchev–Trinajstić information content (AvgIpc) is 2.83. The van der Waals surface area contributed by atoms with Crippen LogP contribution in [0.5, 0.6) is 0 Å². The summed E-state index contributed by atoms with van der Waals surface area (Å²) in [5, 5.41) is 3.92. The molecule has 5 nitrogen and oxygen atoms in total. The number of unbranched alkanes of at least 4 members (excludes halogenated alkanes) is 7. The second-order valence-electron chi connectivity index (χ2n) is 9.76. The minimum absolute atomic E-state index is 0.148. The zero-order chi connectivity index (χ0) is 26.4. The highest BCUT2D eigenvalue weighted by molar-refractivity contribution is 7.85. The predicted molar refractivity (Wildman–Crippen MR) is 154 cm³/mol. The van der Waals surface area contributed by atoms with E-state index in [9.17, 15) is 8.42 Å². The van der Waals surface area contributed by atoms with Crippen LogP contribution in [0.15, 0.2) is 24.3 Å². The first kappa shape index (κ1) is 34.2. The Morgan fingerprint density at radius 1 is 0.743 bits per heavy atom. The highest BCUT2D eigenvalue weighted by Crippen LogP contribution is 2.20. The molecule has 0 aliphatic carbocycles. The number of hydrogen-bond donors (Lipinski definition) is 2. The molecule has 0 fully saturated rings. The van der Waals surface area contributed by atoms with Crippen molar-refractivity contribution in [2.24, 2.45) is 0 Å². The van der Waals surface area contributed by atoms with Crippen LogP contribution >= 0.6 is 11.6 Å². The summed E-state index contributed by atoms with van der Waals surface area (Å²) >= 11 is 5.98. The van der Waals surface area contributed by atoms with Gasteiger partial charge in [-0.25, -0.2) is 0 Å². The van der Waals surface area contributed by atoms with Gasteiger partial charge in [0.15, 0.2) is 0 Å². The molecule has 0 unspecified atom stereocenters. The van der Waals surface area contributed by atoms with E-state index in [1.165, 1.54) is 82.0 Å². The van der Waals surface area contributed by atoms with E-state index < -0.39 is 10.1 Å². The smallest absolute Gasteiger partial charge is 0.264 e. The number of para-hydroxylation sites is 1. The molecule has 0 saturated carbocycles. The van der Waals surface area contributed by atoms with Gasteiger partial charge in [0.2, 0.25) is 0 Å². The van der Waals surface area contributed by atoms with Crippen LogP contribution in [0.1, 0.15) is 105 Å². The van der Waals surface area contributed by atoms with Crippen molar-refractivity contribution < 1.29 is 17.5 Å². The fourth-order valence-electron chi connectivity index (χ4n) is 4.24. The standard InChI is InChI=1S/C16H36N.C12H18ClNO3S/c1-5-9-13-17(14-10-6-2,15-11-7-3)16-12-8-4;13-11-7-3-4-8-12(11)14-9-5-1-2-6-10-18(15,16)17/h5-16H2,1-4H3;3-4,7-8,14H,1-2,5-6,9-10H2,(H,15,16,17)/q+1;. The van der Waals surface area contributed by atoms with Crippen molar-refractivity contribution in [1.29, 1.82) is 0 Å². The summed E-state index contributed by atoms with van der Waals surface area (Å²) in [6, 6.07) is 7.54. The van der Waals surface area contributed by atoms with Crippen LogP contribution in [0, 0.1) is 0 Å². The third-order valence-electron chi connectivity index (χ3n) is 6.46. The van der Waals surface area contributed by atoms with Gasteiger partial charge < -0.3 is 9.80 Å². The molecule has 0 bridgehead atoms. The molecule has 0 radical (unpaired) electrons. The van der Waals surface area contributed by atoms with Gasteiger partial charge in [-0.15, -0.1) is 0 Å². The predicted octanol–water partition coefficient (Wildman–Crippen LogP) is 8.20. The Morgan fingerprint density at radius 2 is 1.20 bits per heavy atom. The quantitative estimate of drug-likeness (QED) is 0.101. The van der Waals surface area contributed by atoms with Gasteiger partial charge >= 0.3 is 0 Å². The largest absolute Gasteiger partial charge is 0.384 e. The topological polar surface area (TPSA) is 66.4 Å². The van der Waals surface area contributed by atoms with Gasteiger partial charge in [0.25, 0.3) is 10.1 Å². The number of rotatable bonds is 20. The molecule has 206 valence electrons. The van der Waals surface area contributed by atoms with Crippen LogP contribution in [0.25, 0.3) is 0 Å². The molecular formula is C28H54ClN2O3S+. The lowest BCUT2D eigenvalue weighted by Crippen LogP contribution is -2.50. The first-order chi connectivity index (χ1) is 16.7. The molecule has 0 amide bonds. The van der Waals surface area contributed by atoms with E-state index >= 15 is 0 Å². The zero-order valence-electron chi connectivity index (χ0n) is 23.0. The van der Waals surface area contributed by atoms with E-state index in [1.54, 1.807) is 0 Å². The summed E-state index contributed by atoms with van der Waals surface area (Å²) in [4.78, 5) is 0. The van der Waals surface area contributed by atoms with Crippen LogP contribution < -0.4 is 5.32 Å². The molecule has 0 heterocycles. The maximum Gasteiger partial charge on any atom is 0.264 e. The highest BCUT2D eigenvalue weighted by atomic mass is 35.5. The van der Waals surface area contributed by atoms with Crippen molar-refractivity contribution in [2.75, 3.05) is 43.8 Å². The van der Waals surface area contributed by atoms with E-state index in [0.717, 1.165) is 31.5 Å². The van der Waals surface area contributed by atoms with E-state index in [1.807, 2.05) is 24.3 Å². The molecule has 1 rings (SSSR count). The summed E-state index contributed by atoms with van der Waals surface area (Å²) in [5.41, 5.74) is 0.914. The number of hydrogen-bond acceptors (Lipinski definition) is 3. The van der Waals surface area contributed by atoms with Crippen LogP contribution in [0.2, 0.25) is 5.02 Å². The van der Waals surface area contributed by atoms with Crippen LogP contribution in [-0.2, 0) is 10.1 Å². The minimum Gasteiger partial charge on any atom is -0.384 e. The fourth-order valence-corrected chi connectivity index (χ4v) is 5.01. The molecule has 1 aromatic carbocycles. The van der Waals surface area contributed by atoms with Gasteiger partial charge in [-0.05, 0) is 50.7 Å². The molecule has 0 aliphatic heterocycles. The molecule has 0 spiro atoms. The lowest BCUT2D eigenvalue weighted by molar-refractivity contribution is -0.929. The fraction of sp³-hybridized carbons (Fsp3) is 0.786. The second kappa shape index (κ2) is 21.3. The van der Waals surface area contributed by atoms with Crippen molar-refractivity contribution in [3.05, 3.63) is 29.3 Å². The number of benzene rings is 1. The molecule has 7 heteroatoms. The Hall–Kier alpha value is -0.820.